The number of benzene rings is 1. The number of ether oxygens (including phenoxy) is 2. The molecule has 2 aliphatic rings. The molecule has 0 aromatic heterocycles. The number of nitrogens with one attached hydrogen (secondary N) is 1. The van der Waals surface area contributed by atoms with Crippen LogP contribution in [0.4, 0.5) is 0 Å². The number of likely N-dealkylation sites (tertiary alicyclic amines) is 1. The second-order valence-electron chi connectivity index (χ2n) is 6.00. The first kappa shape index (κ1) is 15.3. The molecule has 22 heavy (non-hydrogen) atoms. The molecule has 0 aliphatic carbocycles. The Hall–Kier alpha value is -1.59. The second-order valence-corrected chi connectivity index (χ2v) is 6.00. The van der Waals surface area contributed by atoms with Crippen LogP contribution in [0.3, 0.4) is 0 Å². The van der Waals surface area contributed by atoms with E-state index in [1.54, 1.807) is 7.11 Å². The Bertz CT molecular complexity index is 514. The van der Waals surface area contributed by atoms with Crippen molar-refractivity contribution in [3.05, 3.63) is 29.8 Å². The highest BCUT2D eigenvalue weighted by atomic mass is 16.5. The van der Waals surface area contributed by atoms with Crippen molar-refractivity contribution >= 4 is 5.91 Å². The van der Waals surface area contributed by atoms with E-state index in [-0.39, 0.29) is 11.9 Å². The van der Waals surface area contributed by atoms with Crippen molar-refractivity contribution in [2.75, 3.05) is 40.0 Å². The number of amides is 1. The lowest BCUT2D eigenvalue weighted by Gasteiger charge is -2.25. The van der Waals surface area contributed by atoms with Crippen LogP contribution in [0.2, 0.25) is 0 Å². The molecular formula is C17H24N2O3. The van der Waals surface area contributed by atoms with Crippen LogP contribution in [-0.2, 0) is 9.53 Å². The highest BCUT2D eigenvalue weighted by molar-refractivity contribution is 5.77. The van der Waals surface area contributed by atoms with Crippen molar-refractivity contribution in [1.82, 2.24) is 10.2 Å². The first-order valence-electron chi connectivity index (χ1n) is 7.99. The summed E-state index contributed by atoms with van der Waals surface area (Å²) in [6.45, 7) is 3.82. The van der Waals surface area contributed by atoms with Gasteiger partial charge in [0.15, 0.2) is 0 Å². The number of nitrogens with zero attached hydrogens (tertiary/aromatic N) is 1. The monoisotopic (exact) mass is 304 g/mol. The van der Waals surface area contributed by atoms with Crippen LogP contribution in [0.1, 0.15) is 24.3 Å². The summed E-state index contributed by atoms with van der Waals surface area (Å²) in [4.78, 5) is 14.4. The molecular weight excluding hydrogens is 280 g/mol. The van der Waals surface area contributed by atoms with Gasteiger partial charge in [0.05, 0.1) is 20.3 Å². The lowest BCUT2D eigenvalue weighted by Crippen LogP contribution is -2.44. The smallest absolute Gasteiger partial charge is 0.224 e. The molecule has 2 saturated heterocycles. The summed E-state index contributed by atoms with van der Waals surface area (Å²) < 4.78 is 10.9. The lowest BCUT2D eigenvalue weighted by molar-refractivity contribution is -0.131. The maximum absolute atomic E-state index is 12.4. The maximum atomic E-state index is 12.4. The summed E-state index contributed by atoms with van der Waals surface area (Å²) in [5, 5.41) is 3.34. The molecule has 2 heterocycles. The average Bonchev–Trinajstić information content (AvgIpc) is 3.05. The van der Waals surface area contributed by atoms with Crippen molar-refractivity contribution in [2.45, 2.75) is 24.8 Å². The van der Waals surface area contributed by atoms with E-state index < -0.39 is 0 Å². The Morgan fingerprint density at radius 2 is 2.32 bits per heavy atom. The Balaban J connectivity index is 1.58. The van der Waals surface area contributed by atoms with Crippen molar-refractivity contribution in [3.63, 3.8) is 0 Å². The number of hydrogen-bond donors (Lipinski definition) is 1. The summed E-state index contributed by atoms with van der Waals surface area (Å²) in [6.07, 6.45) is 1.53. The Kier molecular flexibility index (Phi) is 4.95. The predicted octanol–water partition coefficient (Wildman–Crippen LogP) is 1.39. The molecule has 1 N–H and O–H groups in total. The van der Waals surface area contributed by atoms with Gasteiger partial charge in [0.2, 0.25) is 5.91 Å². The molecule has 0 spiro atoms. The number of carbonyl (C=O) groups excluding carboxylic acids is 1. The summed E-state index contributed by atoms with van der Waals surface area (Å²) >= 11 is 0. The van der Waals surface area contributed by atoms with Gasteiger partial charge in [0, 0.05) is 38.0 Å². The molecule has 0 radical (unpaired) electrons. The fourth-order valence-corrected chi connectivity index (χ4v) is 3.34. The summed E-state index contributed by atoms with van der Waals surface area (Å²) in [6, 6.07) is 8.27. The maximum Gasteiger partial charge on any atom is 0.224 e. The number of methoxy groups -OCH3 is 1. The lowest BCUT2D eigenvalue weighted by atomic mass is 9.97. The van der Waals surface area contributed by atoms with Gasteiger partial charge < -0.3 is 19.7 Å². The van der Waals surface area contributed by atoms with E-state index in [4.69, 9.17) is 9.47 Å². The topological polar surface area (TPSA) is 50.8 Å². The zero-order valence-electron chi connectivity index (χ0n) is 13.1. The minimum atomic E-state index is 0.159. The van der Waals surface area contributed by atoms with Crippen LogP contribution >= 0.6 is 0 Å². The molecule has 1 aromatic carbocycles. The van der Waals surface area contributed by atoms with Gasteiger partial charge in [-0.25, -0.2) is 0 Å². The van der Waals surface area contributed by atoms with E-state index in [1.807, 2.05) is 23.1 Å². The van der Waals surface area contributed by atoms with Gasteiger partial charge in [0.1, 0.15) is 5.75 Å². The molecule has 3 rings (SSSR count). The molecule has 1 amide bonds. The van der Waals surface area contributed by atoms with Crippen molar-refractivity contribution in [3.8, 4) is 5.75 Å². The SMILES string of the molecule is COc1ccccc1C1CCN(C(=O)CC2COCCN2)C1. The molecule has 0 bridgehead atoms. The second kappa shape index (κ2) is 7.11. The zero-order chi connectivity index (χ0) is 15.4. The molecule has 0 saturated carbocycles. The van der Waals surface area contributed by atoms with E-state index >= 15 is 0 Å². The number of morpholine rings is 1. The number of carbonyl (C=O) groups is 1. The normalized spacial score (nSPS) is 25.2. The van der Waals surface area contributed by atoms with Gasteiger partial charge in [-0.2, -0.15) is 0 Å². The van der Waals surface area contributed by atoms with Gasteiger partial charge in [-0.05, 0) is 18.1 Å². The standard InChI is InChI=1S/C17H24N2O3/c1-21-16-5-3-2-4-15(16)13-6-8-19(11-13)17(20)10-14-12-22-9-7-18-14/h2-5,13-14,18H,6-12H2,1H3. The van der Waals surface area contributed by atoms with Crippen LogP contribution in [0.5, 0.6) is 5.75 Å². The fraction of sp³-hybridized carbons (Fsp3) is 0.588. The predicted molar refractivity (Wildman–Crippen MR) is 84.2 cm³/mol. The molecule has 2 fully saturated rings. The first-order chi connectivity index (χ1) is 10.8. The molecule has 2 unspecified atom stereocenters. The number of hydrogen-bond acceptors (Lipinski definition) is 4. The Labute approximate surface area is 131 Å². The van der Waals surface area contributed by atoms with Crippen LogP contribution in [0.15, 0.2) is 24.3 Å². The summed E-state index contributed by atoms with van der Waals surface area (Å²) in [5.41, 5.74) is 1.21. The highest BCUT2D eigenvalue weighted by Gasteiger charge is 2.30. The van der Waals surface area contributed by atoms with Crippen molar-refractivity contribution in [2.24, 2.45) is 0 Å². The Morgan fingerprint density at radius 3 is 3.09 bits per heavy atom. The van der Waals surface area contributed by atoms with E-state index in [9.17, 15) is 4.79 Å². The van der Waals surface area contributed by atoms with Crippen LogP contribution in [0.25, 0.3) is 0 Å². The Morgan fingerprint density at radius 1 is 1.45 bits per heavy atom. The average molecular weight is 304 g/mol. The number of rotatable bonds is 4. The number of para-hydroxylation sites is 1. The minimum Gasteiger partial charge on any atom is -0.496 e. The van der Waals surface area contributed by atoms with Crippen LogP contribution in [-0.4, -0.2) is 56.8 Å². The summed E-state index contributed by atoms with van der Waals surface area (Å²) in [7, 11) is 1.70. The van der Waals surface area contributed by atoms with Crippen LogP contribution < -0.4 is 10.1 Å². The van der Waals surface area contributed by atoms with E-state index in [1.165, 1.54) is 5.56 Å². The van der Waals surface area contributed by atoms with Gasteiger partial charge >= 0.3 is 0 Å². The molecule has 120 valence electrons. The summed E-state index contributed by atoms with van der Waals surface area (Å²) in [5.74, 6) is 1.51. The third-order valence-electron chi connectivity index (χ3n) is 4.54. The van der Waals surface area contributed by atoms with Gasteiger partial charge in [-0.1, -0.05) is 18.2 Å². The van der Waals surface area contributed by atoms with Crippen molar-refractivity contribution in [1.29, 1.82) is 0 Å². The first-order valence-corrected chi connectivity index (χ1v) is 7.99. The fourth-order valence-electron chi connectivity index (χ4n) is 3.34. The van der Waals surface area contributed by atoms with Gasteiger partial charge in [-0.3, -0.25) is 4.79 Å². The van der Waals surface area contributed by atoms with Crippen molar-refractivity contribution < 1.29 is 14.3 Å². The minimum absolute atomic E-state index is 0.159. The molecule has 2 atom stereocenters. The van der Waals surface area contributed by atoms with E-state index in [2.05, 4.69) is 11.4 Å². The molecule has 5 nitrogen and oxygen atoms in total. The largest absolute Gasteiger partial charge is 0.496 e. The van der Waals surface area contributed by atoms with E-state index in [0.29, 0.717) is 18.9 Å². The molecule has 5 heteroatoms. The van der Waals surface area contributed by atoms with E-state index in [0.717, 1.165) is 38.4 Å². The molecule has 2 aliphatic heterocycles. The van der Waals surface area contributed by atoms with Gasteiger partial charge in [-0.15, -0.1) is 0 Å². The third kappa shape index (κ3) is 3.42. The quantitative estimate of drug-likeness (QED) is 0.913. The van der Waals surface area contributed by atoms with Gasteiger partial charge in [0.25, 0.3) is 0 Å². The van der Waals surface area contributed by atoms with Crippen LogP contribution in [0, 0.1) is 0 Å². The highest BCUT2D eigenvalue weighted by Crippen LogP contribution is 2.33. The molecule has 1 aromatic rings. The zero-order valence-corrected chi connectivity index (χ0v) is 13.1. The third-order valence-corrected chi connectivity index (χ3v) is 4.54.